The van der Waals surface area contributed by atoms with E-state index >= 15 is 0 Å². The van der Waals surface area contributed by atoms with Gasteiger partial charge in [-0.1, -0.05) is 17.7 Å². The van der Waals surface area contributed by atoms with Crippen LogP contribution in [-0.2, 0) is 0 Å². The summed E-state index contributed by atoms with van der Waals surface area (Å²) in [5.41, 5.74) is 1.68. The van der Waals surface area contributed by atoms with Crippen LogP contribution in [0.4, 0.5) is 5.69 Å². The van der Waals surface area contributed by atoms with E-state index in [4.69, 9.17) is 16.3 Å². The Bertz CT molecular complexity index is 820. The number of hydrogen-bond donors (Lipinski definition) is 1. The molecule has 7 heteroatoms. The molecule has 0 radical (unpaired) electrons. The first-order valence-electron chi connectivity index (χ1n) is 8.33. The van der Waals surface area contributed by atoms with Crippen molar-refractivity contribution >= 4 is 29.1 Å². The lowest BCUT2D eigenvalue weighted by molar-refractivity contribution is 0.0767. The molecule has 1 N–H and O–H groups in total. The van der Waals surface area contributed by atoms with Crippen LogP contribution in [0.25, 0.3) is 0 Å². The predicted octanol–water partition coefficient (Wildman–Crippen LogP) is 3.79. The summed E-state index contributed by atoms with van der Waals surface area (Å²) in [5.74, 6) is -0.187. The maximum absolute atomic E-state index is 12.6. The van der Waals surface area contributed by atoms with Crippen LogP contribution < -0.4 is 10.1 Å². The normalized spacial score (nSPS) is 10.3. The van der Waals surface area contributed by atoms with E-state index in [1.165, 1.54) is 7.11 Å². The van der Waals surface area contributed by atoms with Crippen LogP contribution in [-0.4, -0.2) is 41.9 Å². The lowest BCUT2D eigenvalue weighted by Crippen LogP contribution is -2.31. The third kappa shape index (κ3) is 4.32. The Morgan fingerprint density at radius 1 is 1.19 bits per heavy atom. The average Bonchev–Trinajstić information content (AvgIpc) is 2.65. The quantitative estimate of drug-likeness (QED) is 0.833. The van der Waals surface area contributed by atoms with Gasteiger partial charge in [0.25, 0.3) is 11.8 Å². The second-order valence-electron chi connectivity index (χ2n) is 5.64. The zero-order valence-electron chi connectivity index (χ0n) is 15.3. The molecule has 1 aromatic heterocycles. The van der Waals surface area contributed by atoms with Crippen molar-refractivity contribution < 1.29 is 14.3 Å². The molecule has 0 saturated heterocycles. The van der Waals surface area contributed by atoms with Crippen molar-refractivity contribution in [2.75, 3.05) is 25.5 Å². The Morgan fingerprint density at radius 3 is 2.46 bits per heavy atom. The fraction of sp³-hybridized carbons (Fsp3) is 0.316. The minimum atomic E-state index is -0.431. The van der Waals surface area contributed by atoms with Crippen molar-refractivity contribution in [2.45, 2.75) is 20.8 Å². The molecule has 26 heavy (non-hydrogen) atoms. The summed E-state index contributed by atoms with van der Waals surface area (Å²) >= 11 is 6.08. The third-order valence-electron chi connectivity index (χ3n) is 3.98. The largest absolute Gasteiger partial charge is 0.495 e. The van der Waals surface area contributed by atoms with E-state index in [0.717, 1.165) is 5.56 Å². The summed E-state index contributed by atoms with van der Waals surface area (Å²) in [4.78, 5) is 30.9. The topological polar surface area (TPSA) is 71.5 Å². The van der Waals surface area contributed by atoms with E-state index in [-0.39, 0.29) is 17.3 Å². The van der Waals surface area contributed by atoms with Crippen LogP contribution in [0.3, 0.4) is 0 Å². The number of rotatable bonds is 6. The molecule has 2 amide bonds. The summed E-state index contributed by atoms with van der Waals surface area (Å²) in [6.07, 6.45) is 0. The number of nitrogens with one attached hydrogen (secondary N) is 1. The standard InChI is InChI=1S/C19H22ClN3O3/c1-5-23(6-2)19(25)15-9-7-8-14(21-15)18(24)22-16-10-12(3)13(20)11-17(16)26-4/h7-11H,5-6H2,1-4H3,(H,22,24). The van der Waals surface area contributed by atoms with Gasteiger partial charge in [0, 0.05) is 24.2 Å². The average molecular weight is 376 g/mol. The molecule has 6 nitrogen and oxygen atoms in total. The van der Waals surface area contributed by atoms with Crippen molar-refractivity contribution in [2.24, 2.45) is 0 Å². The van der Waals surface area contributed by atoms with Gasteiger partial charge in [0.1, 0.15) is 17.1 Å². The highest BCUT2D eigenvalue weighted by molar-refractivity contribution is 6.31. The Balaban J connectivity index is 2.27. The van der Waals surface area contributed by atoms with E-state index in [1.54, 1.807) is 35.2 Å². The van der Waals surface area contributed by atoms with Gasteiger partial charge in [-0.05, 0) is 44.5 Å². The van der Waals surface area contributed by atoms with Gasteiger partial charge in [-0.15, -0.1) is 0 Å². The molecule has 2 aromatic rings. The molecule has 0 aliphatic rings. The second kappa shape index (κ2) is 8.67. The van der Waals surface area contributed by atoms with Crippen molar-refractivity contribution in [3.8, 4) is 5.75 Å². The smallest absolute Gasteiger partial charge is 0.274 e. The molecule has 0 atom stereocenters. The van der Waals surface area contributed by atoms with Crippen LogP contribution in [0.1, 0.15) is 40.4 Å². The Labute approximate surface area is 158 Å². The lowest BCUT2D eigenvalue weighted by Gasteiger charge is -2.18. The van der Waals surface area contributed by atoms with Gasteiger partial charge < -0.3 is 15.0 Å². The molecule has 1 aromatic carbocycles. The van der Waals surface area contributed by atoms with E-state index in [1.807, 2.05) is 20.8 Å². The summed E-state index contributed by atoms with van der Waals surface area (Å²) in [6, 6.07) is 8.17. The zero-order valence-corrected chi connectivity index (χ0v) is 16.1. The van der Waals surface area contributed by atoms with Crippen LogP contribution in [0.15, 0.2) is 30.3 Å². The number of benzene rings is 1. The molecule has 0 unspecified atom stereocenters. The molecule has 0 bridgehead atoms. The highest BCUT2D eigenvalue weighted by Gasteiger charge is 2.17. The first-order chi connectivity index (χ1) is 12.4. The number of aromatic nitrogens is 1. The van der Waals surface area contributed by atoms with Gasteiger partial charge in [0.15, 0.2) is 0 Å². The SMILES string of the molecule is CCN(CC)C(=O)c1cccc(C(=O)Nc2cc(C)c(Cl)cc2OC)n1. The van der Waals surface area contributed by atoms with E-state index in [9.17, 15) is 9.59 Å². The number of aryl methyl sites for hydroxylation is 1. The molecule has 138 valence electrons. The van der Waals surface area contributed by atoms with Gasteiger partial charge in [-0.25, -0.2) is 4.98 Å². The number of carbonyl (C=O) groups excluding carboxylic acids is 2. The Morgan fingerprint density at radius 2 is 1.85 bits per heavy atom. The molecule has 0 spiro atoms. The third-order valence-corrected chi connectivity index (χ3v) is 4.39. The van der Waals surface area contributed by atoms with Crippen LogP contribution >= 0.6 is 11.6 Å². The molecular weight excluding hydrogens is 354 g/mol. The number of hydrogen-bond acceptors (Lipinski definition) is 4. The van der Waals surface area contributed by atoms with Crippen molar-refractivity contribution in [3.63, 3.8) is 0 Å². The maximum Gasteiger partial charge on any atom is 0.274 e. The number of halogens is 1. The van der Waals surface area contributed by atoms with Gasteiger partial charge >= 0.3 is 0 Å². The highest BCUT2D eigenvalue weighted by Crippen LogP contribution is 2.31. The maximum atomic E-state index is 12.6. The zero-order chi connectivity index (χ0) is 19.3. The molecule has 0 aliphatic carbocycles. The summed E-state index contributed by atoms with van der Waals surface area (Å²) in [7, 11) is 1.50. The van der Waals surface area contributed by atoms with Gasteiger partial charge in [-0.3, -0.25) is 9.59 Å². The van der Waals surface area contributed by atoms with Gasteiger partial charge in [0.05, 0.1) is 12.8 Å². The van der Waals surface area contributed by atoms with Gasteiger partial charge in [-0.2, -0.15) is 0 Å². The van der Waals surface area contributed by atoms with Crippen molar-refractivity contribution in [3.05, 3.63) is 52.3 Å². The van der Waals surface area contributed by atoms with E-state index < -0.39 is 5.91 Å². The number of carbonyl (C=O) groups is 2. The fourth-order valence-corrected chi connectivity index (χ4v) is 2.62. The second-order valence-corrected chi connectivity index (χ2v) is 6.05. The summed E-state index contributed by atoms with van der Waals surface area (Å²) in [5, 5.41) is 3.31. The molecule has 0 aliphatic heterocycles. The van der Waals surface area contributed by atoms with Crippen LogP contribution in [0.5, 0.6) is 5.75 Å². The monoisotopic (exact) mass is 375 g/mol. The summed E-state index contributed by atoms with van der Waals surface area (Å²) in [6.45, 7) is 6.78. The number of ether oxygens (including phenoxy) is 1. The van der Waals surface area contributed by atoms with Crippen LogP contribution in [0, 0.1) is 6.92 Å². The number of anilines is 1. The van der Waals surface area contributed by atoms with Crippen molar-refractivity contribution in [1.29, 1.82) is 0 Å². The molecule has 0 fully saturated rings. The minimum absolute atomic E-state index is 0.151. The molecular formula is C19H22ClN3O3. The number of pyridine rings is 1. The number of nitrogens with zero attached hydrogens (tertiary/aromatic N) is 2. The number of methoxy groups -OCH3 is 1. The first-order valence-corrected chi connectivity index (χ1v) is 8.70. The van der Waals surface area contributed by atoms with Crippen molar-refractivity contribution in [1.82, 2.24) is 9.88 Å². The molecule has 2 rings (SSSR count). The first kappa shape index (κ1) is 19.7. The Kier molecular flexibility index (Phi) is 6.58. The van der Waals surface area contributed by atoms with Crippen LogP contribution in [0.2, 0.25) is 5.02 Å². The minimum Gasteiger partial charge on any atom is -0.495 e. The molecule has 0 saturated carbocycles. The predicted molar refractivity (Wildman–Crippen MR) is 102 cm³/mol. The van der Waals surface area contributed by atoms with E-state index in [0.29, 0.717) is 29.5 Å². The fourth-order valence-electron chi connectivity index (χ4n) is 2.47. The van der Waals surface area contributed by atoms with E-state index in [2.05, 4.69) is 10.3 Å². The Hall–Kier alpha value is -2.60. The van der Waals surface area contributed by atoms with Gasteiger partial charge in [0.2, 0.25) is 0 Å². The molecule has 1 heterocycles. The highest BCUT2D eigenvalue weighted by atomic mass is 35.5. The summed E-state index contributed by atoms with van der Waals surface area (Å²) < 4.78 is 5.26. The lowest BCUT2D eigenvalue weighted by atomic mass is 10.2. The number of amides is 2.